The van der Waals surface area contributed by atoms with Gasteiger partial charge in [-0.25, -0.2) is 0 Å². The van der Waals surface area contributed by atoms with Crippen molar-refractivity contribution in [3.8, 4) is 12.1 Å². The molecule has 0 fully saturated rings. The SMILES string of the molecule is N#Cc1ccc(C#N)c(N2c3ccccc3Nc3ccccc32)c1. The van der Waals surface area contributed by atoms with Gasteiger partial charge in [0.2, 0.25) is 0 Å². The van der Waals surface area contributed by atoms with Crippen LogP contribution >= 0.6 is 0 Å². The molecule has 24 heavy (non-hydrogen) atoms. The fourth-order valence-electron chi connectivity index (χ4n) is 2.96. The zero-order valence-corrected chi connectivity index (χ0v) is 12.7. The van der Waals surface area contributed by atoms with Gasteiger partial charge >= 0.3 is 0 Å². The van der Waals surface area contributed by atoms with Crippen LogP contribution in [0.25, 0.3) is 0 Å². The summed E-state index contributed by atoms with van der Waals surface area (Å²) in [6.07, 6.45) is 0. The van der Waals surface area contributed by atoms with Gasteiger partial charge in [-0.3, -0.25) is 0 Å². The van der Waals surface area contributed by atoms with Crippen LogP contribution in [0.3, 0.4) is 0 Å². The lowest BCUT2D eigenvalue weighted by Gasteiger charge is -2.34. The number of anilines is 5. The Morgan fingerprint density at radius 2 is 1.33 bits per heavy atom. The van der Waals surface area contributed by atoms with E-state index in [0.29, 0.717) is 16.8 Å². The van der Waals surface area contributed by atoms with Crippen molar-refractivity contribution >= 4 is 28.4 Å². The summed E-state index contributed by atoms with van der Waals surface area (Å²) in [6.45, 7) is 0. The first-order valence-electron chi connectivity index (χ1n) is 7.51. The number of hydrogen-bond donors (Lipinski definition) is 1. The molecule has 0 atom stereocenters. The van der Waals surface area contributed by atoms with Gasteiger partial charge in [0.1, 0.15) is 6.07 Å². The van der Waals surface area contributed by atoms with Crippen LogP contribution in [0.2, 0.25) is 0 Å². The molecule has 4 nitrogen and oxygen atoms in total. The van der Waals surface area contributed by atoms with Crippen molar-refractivity contribution in [2.45, 2.75) is 0 Å². The van der Waals surface area contributed by atoms with Gasteiger partial charge in [0.15, 0.2) is 0 Å². The molecule has 0 amide bonds. The van der Waals surface area contributed by atoms with Crippen molar-refractivity contribution in [1.82, 2.24) is 0 Å². The largest absolute Gasteiger partial charge is 0.352 e. The van der Waals surface area contributed by atoms with Crippen LogP contribution in [0.5, 0.6) is 0 Å². The van der Waals surface area contributed by atoms with Crippen molar-refractivity contribution in [2.75, 3.05) is 10.2 Å². The van der Waals surface area contributed by atoms with Crippen molar-refractivity contribution < 1.29 is 0 Å². The number of nitriles is 2. The first-order chi connectivity index (χ1) is 11.8. The van der Waals surface area contributed by atoms with E-state index in [1.54, 1.807) is 18.2 Å². The van der Waals surface area contributed by atoms with Crippen LogP contribution in [0.4, 0.5) is 28.4 Å². The predicted octanol–water partition coefficient (Wildman–Crippen LogP) is 4.96. The number of nitrogens with zero attached hydrogens (tertiary/aromatic N) is 3. The van der Waals surface area contributed by atoms with Crippen molar-refractivity contribution in [3.05, 3.63) is 77.9 Å². The third-order valence-corrected chi connectivity index (χ3v) is 4.05. The normalized spacial score (nSPS) is 11.5. The van der Waals surface area contributed by atoms with E-state index in [4.69, 9.17) is 0 Å². The number of hydrogen-bond acceptors (Lipinski definition) is 4. The highest BCUT2D eigenvalue weighted by atomic mass is 15.2. The topological polar surface area (TPSA) is 62.9 Å². The van der Waals surface area contributed by atoms with Gasteiger partial charge in [0.25, 0.3) is 0 Å². The molecular weight excluding hydrogens is 296 g/mol. The second-order valence-corrected chi connectivity index (χ2v) is 5.45. The molecule has 4 rings (SSSR count). The molecular formula is C20H12N4. The average Bonchev–Trinajstić information content (AvgIpc) is 2.65. The van der Waals surface area contributed by atoms with Gasteiger partial charge < -0.3 is 10.2 Å². The summed E-state index contributed by atoms with van der Waals surface area (Å²) in [7, 11) is 0. The molecule has 112 valence electrons. The molecule has 0 radical (unpaired) electrons. The molecule has 0 saturated carbocycles. The Morgan fingerprint density at radius 1 is 0.708 bits per heavy atom. The number of fused-ring (bicyclic) bond motifs is 2. The number of rotatable bonds is 1. The van der Waals surface area contributed by atoms with Crippen LogP contribution < -0.4 is 10.2 Å². The molecule has 0 aliphatic carbocycles. The van der Waals surface area contributed by atoms with Gasteiger partial charge in [-0.15, -0.1) is 0 Å². The third kappa shape index (κ3) is 2.06. The second kappa shape index (κ2) is 5.46. The Balaban J connectivity index is 2.03. The maximum absolute atomic E-state index is 9.53. The third-order valence-electron chi connectivity index (χ3n) is 4.05. The Hall–Kier alpha value is -3.76. The van der Waals surface area contributed by atoms with E-state index in [9.17, 15) is 10.5 Å². The lowest BCUT2D eigenvalue weighted by molar-refractivity contribution is 1.24. The summed E-state index contributed by atoms with van der Waals surface area (Å²) < 4.78 is 0. The number of nitrogens with one attached hydrogen (secondary N) is 1. The summed E-state index contributed by atoms with van der Waals surface area (Å²) in [5.41, 5.74) is 5.58. The minimum atomic E-state index is 0.525. The van der Waals surface area contributed by atoms with Gasteiger partial charge in [0, 0.05) is 0 Å². The Kier molecular flexibility index (Phi) is 3.16. The molecule has 1 aliphatic rings. The van der Waals surface area contributed by atoms with Crippen LogP contribution in [-0.4, -0.2) is 0 Å². The van der Waals surface area contributed by atoms with E-state index in [1.165, 1.54) is 0 Å². The Bertz CT molecular complexity index is 979. The first-order valence-corrected chi connectivity index (χ1v) is 7.51. The lowest BCUT2D eigenvalue weighted by Crippen LogP contribution is -2.18. The van der Waals surface area contributed by atoms with E-state index >= 15 is 0 Å². The average molecular weight is 308 g/mol. The predicted molar refractivity (Wildman–Crippen MR) is 93.8 cm³/mol. The van der Waals surface area contributed by atoms with Crippen molar-refractivity contribution in [3.63, 3.8) is 0 Å². The molecule has 1 N–H and O–H groups in total. The van der Waals surface area contributed by atoms with Crippen LogP contribution in [0.1, 0.15) is 11.1 Å². The summed E-state index contributed by atoms with van der Waals surface area (Å²) >= 11 is 0. The van der Waals surface area contributed by atoms with Gasteiger partial charge in [-0.1, -0.05) is 24.3 Å². The van der Waals surface area contributed by atoms with Gasteiger partial charge in [0.05, 0.1) is 45.6 Å². The maximum atomic E-state index is 9.53. The van der Waals surface area contributed by atoms with Crippen LogP contribution in [0.15, 0.2) is 66.7 Å². The molecule has 0 saturated heterocycles. The number of benzene rings is 3. The highest BCUT2D eigenvalue weighted by Crippen LogP contribution is 2.48. The fraction of sp³-hybridized carbons (Fsp3) is 0. The van der Waals surface area contributed by atoms with E-state index in [2.05, 4.69) is 17.5 Å². The molecule has 1 aliphatic heterocycles. The van der Waals surface area contributed by atoms with E-state index < -0.39 is 0 Å². The van der Waals surface area contributed by atoms with Crippen LogP contribution in [-0.2, 0) is 0 Å². The summed E-state index contributed by atoms with van der Waals surface area (Å²) in [4.78, 5) is 2.03. The van der Waals surface area contributed by atoms with Crippen molar-refractivity contribution in [2.24, 2.45) is 0 Å². The zero-order valence-electron chi connectivity index (χ0n) is 12.7. The molecule has 0 spiro atoms. The monoisotopic (exact) mass is 308 g/mol. The van der Waals surface area contributed by atoms with Gasteiger partial charge in [-0.2, -0.15) is 10.5 Å². The highest BCUT2D eigenvalue weighted by molar-refractivity contribution is 5.97. The fourth-order valence-corrected chi connectivity index (χ4v) is 2.96. The molecule has 4 heteroatoms. The molecule has 3 aromatic carbocycles. The van der Waals surface area contributed by atoms with E-state index in [-0.39, 0.29) is 0 Å². The summed E-state index contributed by atoms with van der Waals surface area (Å²) in [6, 6.07) is 25.4. The minimum absolute atomic E-state index is 0.525. The zero-order chi connectivity index (χ0) is 16.5. The molecule has 0 bridgehead atoms. The summed E-state index contributed by atoms with van der Waals surface area (Å²) in [5, 5.41) is 22.2. The smallest absolute Gasteiger partial charge is 0.101 e. The summed E-state index contributed by atoms with van der Waals surface area (Å²) in [5.74, 6) is 0. The standard InChI is InChI=1S/C20H12N4/c21-12-14-9-10-15(13-22)20(11-14)24-18-7-3-1-5-16(18)23-17-6-2-4-8-19(17)24/h1-11,23H. The van der Waals surface area contributed by atoms with Crippen molar-refractivity contribution in [1.29, 1.82) is 10.5 Å². The molecule has 3 aromatic rings. The van der Waals surface area contributed by atoms with E-state index in [1.807, 2.05) is 53.4 Å². The molecule has 0 aromatic heterocycles. The Labute approximate surface area is 139 Å². The number of para-hydroxylation sites is 4. The highest BCUT2D eigenvalue weighted by Gasteiger charge is 2.25. The first kappa shape index (κ1) is 13.9. The quantitative estimate of drug-likeness (QED) is 0.540. The van der Waals surface area contributed by atoms with Crippen LogP contribution in [0, 0.1) is 22.7 Å². The minimum Gasteiger partial charge on any atom is -0.352 e. The molecule has 0 unspecified atom stereocenters. The van der Waals surface area contributed by atoms with Gasteiger partial charge in [-0.05, 0) is 42.5 Å². The molecule has 1 heterocycles. The maximum Gasteiger partial charge on any atom is 0.101 e. The second-order valence-electron chi connectivity index (χ2n) is 5.45. The van der Waals surface area contributed by atoms with E-state index in [0.717, 1.165) is 22.7 Å². The lowest BCUT2D eigenvalue weighted by atomic mass is 10.0. The Morgan fingerprint density at radius 3 is 1.92 bits per heavy atom.